The van der Waals surface area contributed by atoms with E-state index in [1.165, 1.54) is 20.3 Å². The van der Waals surface area contributed by atoms with Crippen molar-refractivity contribution in [3.05, 3.63) is 12.8 Å². The maximum atomic E-state index is 11.1. The van der Waals surface area contributed by atoms with Crippen LogP contribution in [0.4, 0.5) is 0 Å². The van der Waals surface area contributed by atoms with Crippen LogP contribution in [0.15, 0.2) is 12.8 Å². The van der Waals surface area contributed by atoms with Crippen molar-refractivity contribution in [1.29, 1.82) is 0 Å². The summed E-state index contributed by atoms with van der Waals surface area (Å²) in [5.41, 5.74) is 0. The maximum absolute atomic E-state index is 11.1. The van der Waals surface area contributed by atoms with Gasteiger partial charge in [-0.15, -0.1) is 0 Å². The van der Waals surface area contributed by atoms with E-state index in [-0.39, 0.29) is 0 Å². The van der Waals surface area contributed by atoms with Crippen molar-refractivity contribution >= 4 is 13.3 Å². The fourth-order valence-corrected chi connectivity index (χ4v) is 1.45. The number of hydrogen-bond donors (Lipinski definition) is 0. The van der Waals surface area contributed by atoms with Gasteiger partial charge in [0.2, 0.25) is 0 Å². The third-order valence-electron chi connectivity index (χ3n) is 0.943. The van der Waals surface area contributed by atoms with Crippen LogP contribution in [0.3, 0.4) is 0 Å². The molecular weight excluding hydrogens is 179 g/mol. The zero-order chi connectivity index (χ0) is 9.78. The van der Waals surface area contributed by atoms with E-state index in [9.17, 15) is 9.36 Å². The van der Waals surface area contributed by atoms with Crippen LogP contribution in [-0.4, -0.2) is 25.4 Å². The Balaban J connectivity index is 4.04. The quantitative estimate of drug-likeness (QED) is 0.385. The van der Waals surface area contributed by atoms with Gasteiger partial charge in [0.25, 0.3) is 0 Å². The normalized spacial score (nSPS) is 13.6. The van der Waals surface area contributed by atoms with E-state index in [1.807, 2.05) is 0 Å². The minimum absolute atomic E-state index is 0.589. The van der Waals surface area contributed by atoms with Gasteiger partial charge < -0.3 is 9.26 Å². The van der Waals surface area contributed by atoms with Gasteiger partial charge in [0.05, 0.1) is 6.26 Å². The highest BCUT2D eigenvalue weighted by molar-refractivity contribution is 7.57. The van der Waals surface area contributed by atoms with E-state index >= 15 is 0 Å². The Morgan fingerprint density at radius 1 is 1.58 bits per heavy atom. The molecule has 0 bridgehead atoms. The van der Waals surface area contributed by atoms with Gasteiger partial charge in [-0.3, -0.25) is 4.57 Å². The van der Waals surface area contributed by atoms with Crippen LogP contribution in [0.5, 0.6) is 0 Å². The van der Waals surface area contributed by atoms with Crippen molar-refractivity contribution in [3.63, 3.8) is 0 Å². The molecule has 0 N–H and O–H groups in total. The molecule has 0 fully saturated rings. The summed E-state index contributed by atoms with van der Waals surface area (Å²) in [6.07, 6.45) is 0.196. The standard InChI is InChI=1S/C7H13O4P/c1-5-10-7(8)6(2)11-12(3,4)9/h5-6H,1H2,2-4H3. The van der Waals surface area contributed by atoms with E-state index in [0.29, 0.717) is 0 Å². The lowest BCUT2D eigenvalue weighted by molar-refractivity contribution is -0.145. The van der Waals surface area contributed by atoms with Crippen LogP contribution in [0.25, 0.3) is 0 Å². The smallest absolute Gasteiger partial charge is 0.340 e. The zero-order valence-corrected chi connectivity index (χ0v) is 8.34. The SMILES string of the molecule is C=COC(=O)C(C)OP(C)(C)=O. The van der Waals surface area contributed by atoms with E-state index < -0.39 is 19.4 Å². The van der Waals surface area contributed by atoms with Crippen LogP contribution in [-0.2, 0) is 18.6 Å². The summed E-state index contributed by atoms with van der Waals surface area (Å²) in [7, 11) is -2.63. The Morgan fingerprint density at radius 3 is 2.42 bits per heavy atom. The monoisotopic (exact) mass is 192 g/mol. The van der Waals surface area contributed by atoms with E-state index in [2.05, 4.69) is 11.3 Å². The molecule has 0 aliphatic heterocycles. The van der Waals surface area contributed by atoms with Gasteiger partial charge in [0.15, 0.2) is 13.5 Å². The molecule has 70 valence electrons. The van der Waals surface area contributed by atoms with Crippen molar-refractivity contribution in [2.45, 2.75) is 13.0 Å². The predicted molar refractivity (Wildman–Crippen MR) is 46.3 cm³/mol. The molecule has 0 rings (SSSR count). The highest BCUT2D eigenvalue weighted by Gasteiger charge is 2.20. The number of carbonyl (C=O) groups excluding carboxylic acids is 1. The van der Waals surface area contributed by atoms with Crippen molar-refractivity contribution < 1.29 is 18.6 Å². The van der Waals surface area contributed by atoms with Crippen molar-refractivity contribution in [2.24, 2.45) is 0 Å². The molecule has 0 aromatic rings. The molecule has 1 unspecified atom stereocenters. The highest BCUT2D eigenvalue weighted by Crippen LogP contribution is 2.38. The van der Waals surface area contributed by atoms with Crippen LogP contribution in [0.2, 0.25) is 0 Å². The average Bonchev–Trinajstić information content (AvgIpc) is 1.84. The number of rotatable bonds is 4. The maximum Gasteiger partial charge on any atom is 0.340 e. The molecule has 5 heteroatoms. The van der Waals surface area contributed by atoms with Crippen LogP contribution >= 0.6 is 7.37 Å². The second-order valence-corrected chi connectivity index (χ2v) is 5.32. The van der Waals surface area contributed by atoms with Gasteiger partial charge in [0.1, 0.15) is 0 Å². The topological polar surface area (TPSA) is 52.6 Å². The van der Waals surface area contributed by atoms with Gasteiger partial charge in [0, 0.05) is 13.3 Å². The number of carbonyl (C=O) groups is 1. The molecule has 0 spiro atoms. The summed E-state index contributed by atoms with van der Waals surface area (Å²) in [5.74, 6) is -0.589. The molecule has 0 aliphatic rings. The Labute approximate surface area is 72.0 Å². The predicted octanol–water partition coefficient (Wildman–Crippen LogP) is 1.62. The fourth-order valence-electron chi connectivity index (χ4n) is 0.602. The summed E-state index contributed by atoms with van der Waals surface area (Å²) in [6, 6.07) is 0. The van der Waals surface area contributed by atoms with Gasteiger partial charge in [-0.1, -0.05) is 6.58 Å². The molecule has 1 atom stereocenters. The number of esters is 1. The molecule has 4 nitrogen and oxygen atoms in total. The Bertz CT molecular complexity index is 217. The molecule has 0 amide bonds. The highest BCUT2D eigenvalue weighted by atomic mass is 31.2. The molecule has 0 radical (unpaired) electrons. The minimum Gasteiger partial charge on any atom is -0.433 e. The second-order valence-electron chi connectivity index (χ2n) is 2.60. The minimum atomic E-state index is -2.63. The first-order valence-electron chi connectivity index (χ1n) is 3.41. The molecule has 0 saturated carbocycles. The Morgan fingerprint density at radius 2 is 2.08 bits per heavy atom. The van der Waals surface area contributed by atoms with Crippen LogP contribution < -0.4 is 0 Å². The van der Waals surface area contributed by atoms with Gasteiger partial charge in [-0.05, 0) is 6.92 Å². The number of hydrogen-bond acceptors (Lipinski definition) is 4. The first-order valence-corrected chi connectivity index (χ1v) is 5.93. The number of ether oxygens (including phenoxy) is 1. The lowest BCUT2D eigenvalue weighted by Gasteiger charge is -2.13. The van der Waals surface area contributed by atoms with Crippen LogP contribution in [0.1, 0.15) is 6.92 Å². The summed E-state index contributed by atoms with van der Waals surface area (Å²) < 4.78 is 20.4. The average molecular weight is 192 g/mol. The molecule has 0 heterocycles. The fraction of sp³-hybridized carbons (Fsp3) is 0.571. The largest absolute Gasteiger partial charge is 0.433 e. The zero-order valence-electron chi connectivity index (χ0n) is 7.44. The summed E-state index contributed by atoms with van der Waals surface area (Å²) in [5, 5.41) is 0. The van der Waals surface area contributed by atoms with Crippen molar-refractivity contribution in [3.8, 4) is 0 Å². The molecule has 0 aromatic carbocycles. The van der Waals surface area contributed by atoms with Crippen LogP contribution in [0, 0.1) is 0 Å². The van der Waals surface area contributed by atoms with E-state index in [1.54, 1.807) is 0 Å². The van der Waals surface area contributed by atoms with Gasteiger partial charge in [-0.2, -0.15) is 0 Å². The summed E-state index contributed by atoms with van der Waals surface area (Å²) in [4.78, 5) is 10.9. The molecule has 0 aromatic heterocycles. The van der Waals surface area contributed by atoms with Gasteiger partial charge >= 0.3 is 5.97 Å². The molecular formula is C7H13O4P. The van der Waals surface area contributed by atoms with E-state index in [0.717, 1.165) is 6.26 Å². The first kappa shape index (κ1) is 11.4. The molecule has 0 aliphatic carbocycles. The summed E-state index contributed by atoms with van der Waals surface area (Å²) >= 11 is 0. The van der Waals surface area contributed by atoms with Crippen molar-refractivity contribution in [1.82, 2.24) is 0 Å². The van der Waals surface area contributed by atoms with Crippen molar-refractivity contribution in [2.75, 3.05) is 13.3 Å². The Hall–Kier alpha value is -0.600. The van der Waals surface area contributed by atoms with Gasteiger partial charge in [-0.25, -0.2) is 4.79 Å². The third kappa shape index (κ3) is 5.10. The lowest BCUT2D eigenvalue weighted by Crippen LogP contribution is -2.20. The molecule has 0 saturated heterocycles. The third-order valence-corrected chi connectivity index (χ3v) is 1.77. The second kappa shape index (κ2) is 4.43. The summed E-state index contributed by atoms with van der Waals surface area (Å²) in [6.45, 7) is 7.56. The molecule has 12 heavy (non-hydrogen) atoms. The first-order chi connectivity index (χ1) is 5.37. The lowest BCUT2D eigenvalue weighted by atomic mass is 10.4. The Kier molecular flexibility index (Phi) is 4.21. The van der Waals surface area contributed by atoms with E-state index in [4.69, 9.17) is 4.52 Å².